The quantitative estimate of drug-likeness (QED) is 0.749. The van der Waals surface area contributed by atoms with E-state index in [2.05, 4.69) is 5.32 Å². The van der Waals surface area contributed by atoms with Crippen LogP contribution >= 0.6 is 0 Å². The van der Waals surface area contributed by atoms with E-state index in [-0.39, 0.29) is 30.7 Å². The summed E-state index contributed by atoms with van der Waals surface area (Å²) in [5, 5.41) is 11.5. The smallest absolute Gasteiger partial charge is 0.277 e. The lowest BCUT2D eigenvalue weighted by molar-refractivity contribution is -0.135. The minimum atomic E-state index is -0.356. The molecule has 100 valence electrons. The van der Waals surface area contributed by atoms with Crippen molar-refractivity contribution in [3.05, 3.63) is 36.0 Å². The third kappa shape index (κ3) is 2.92. The van der Waals surface area contributed by atoms with Crippen LogP contribution in [0.25, 0.3) is 0 Å². The van der Waals surface area contributed by atoms with Crippen molar-refractivity contribution in [1.82, 2.24) is 4.90 Å². The summed E-state index contributed by atoms with van der Waals surface area (Å²) < 4.78 is 5.21. The van der Waals surface area contributed by atoms with Crippen LogP contribution < -0.4 is 10.1 Å². The second-order valence-corrected chi connectivity index (χ2v) is 3.98. The van der Waals surface area contributed by atoms with Crippen LogP contribution in [0.2, 0.25) is 0 Å². The second-order valence-electron chi connectivity index (χ2n) is 3.98. The fraction of sp³-hybridized carbons (Fsp3) is 0.231. The molecule has 2 amide bonds. The zero-order valence-electron chi connectivity index (χ0n) is 10.4. The van der Waals surface area contributed by atoms with Gasteiger partial charge in [-0.25, -0.2) is 0 Å². The van der Waals surface area contributed by atoms with E-state index in [1.165, 1.54) is 13.1 Å². The lowest BCUT2D eigenvalue weighted by Gasteiger charge is -2.10. The molecule has 0 saturated carbocycles. The van der Waals surface area contributed by atoms with E-state index < -0.39 is 0 Å². The van der Waals surface area contributed by atoms with Gasteiger partial charge in [-0.15, -0.1) is 0 Å². The average molecular weight is 262 g/mol. The zero-order valence-corrected chi connectivity index (χ0v) is 10.4. The molecule has 0 unspecified atom stereocenters. The van der Waals surface area contributed by atoms with Crippen molar-refractivity contribution >= 4 is 17.5 Å². The van der Waals surface area contributed by atoms with Crippen LogP contribution in [0.1, 0.15) is 0 Å². The number of imide groups is 1. The fourth-order valence-corrected chi connectivity index (χ4v) is 1.61. The van der Waals surface area contributed by atoms with Crippen LogP contribution in [0, 0.1) is 0 Å². The molecule has 19 heavy (non-hydrogen) atoms. The van der Waals surface area contributed by atoms with Gasteiger partial charge in [0.2, 0.25) is 0 Å². The van der Waals surface area contributed by atoms with E-state index in [9.17, 15) is 9.59 Å². The van der Waals surface area contributed by atoms with E-state index in [1.807, 2.05) is 0 Å². The molecule has 0 spiro atoms. The lowest BCUT2D eigenvalue weighted by Crippen LogP contribution is -2.27. The number of carbonyl (C=O) groups is 2. The molecular formula is C13H14N2O4. The molecule has 0 radical (unpaired) electrons. The van der Waals surface area contributed by atoms with Crippen LogP contribution in [0.4, 0.5) is 5.69 Å². The average Bonchev–Trinajstić information content (AvgIpc) is 2.66. The number of carbonyl (C=O) groups excluding carboxylic acids is 2. The molecule has 1 aromatic rings. The lowest BCUT2D eigenvalue weighted by atomic mass is 10.3. The van der Waals surface area contributed by atoms with Crippen LogP contribution in [0.3, 0.4) is 0 Å². The molecule has 2 N–H and O–H groups in total. The van der Waals surface area contributed by atoms with Crippen molar-refractivity contribution in [2.24, 2.45) is 0 Å². The molecule has 1 heterocycles. The van der Waals surface area contributed by atoms with Crippen LogP contribution in [-0.2, 0) is 9.59 Å². The molecule has 1 aromatic carbocycles. The maximum Gasteiger partial charge on any atom is 0.277 e. The molecule has 0 bridgehead atoms. The van der Waals surface area contributed by atoms with Crippen LogP contribution in [0.15, 0.2) is 36.0 Å². The minimum absolute atomic E-state index is 0.0458. The van der Waals surface area contributed by atoms with E-state index in [1.54, 1.807) is 24.3 Å². The van der Waals surface area contributed by atoms with Gasteiger partial charge in [0.25, 0.3) is 11.8 Å². The molecule has 0 aliphatic carbocycles. The summed E-state index contributed by atoms with van der Waals surface area (Å²) in [6.07, 6.45) is 1.26. The molecule has 1 aliphatic heterocycles. The Balaban J connectivity index is 2.02. The van der Waals surface area contributed by atoms with Gasteiger partial charge < -0.3 is 15.2 Å². The summed E-state index contributed by atoms with van der Waals surface area (Å²) in [6, 6.07) is 6.88. The Labute approximate surface area is 110 Å². The molecule has 0 fully saturated rings. The van der Waals surface area contributed by atoms with Gasteiger partial charge in [0.15, 0.2) is 0 Å². The topological polar surface area (TPSA) is 78.9 Å². The van der Waals surface area contributed by atoms with Gasteiger partial charge in [-0.3, -0.25) is 14.5 Å². The van der Waals surface area contributed by atoms with Gasteiger partial charge in [0.05, 0.1) is 6.61 Å². The third-order valence-corrected chi connectivity index (χ3v) is 2.63. The highest BCUT2D eigenvalue weighted by atomic mass is 16.5. The highest BCUT2D eigenvalue weighted by molar-refractivity contribution is 6.17. The second kappa shape index (κ2) is 5.53. The summed E-state index contributed by atoms with van der Waals surface area (Å²) in [5.74, 6) is -0.0690. The summed E-state index contributed by atoms with van der Waals surface area (Å²) in [5.41, 5.74) is 0.926. The van der Waals surface area contributed by atoms with Gasteiger partial charge in [0.1, 0.15) is 18.1 Å². The number of hydrogen-bond acceptors (Lipinski definition) is 5. The van der Waals surface area contributed by atoms with Crippen molar-refractivity contribution in [2.75, 3.05) is 25.6 Å². The Bertz CT molecular complexity index is 522. The Morgan fingerprint density at radius 2 is 1.95 bits per heavy atom. The molecule has 6 nitrogen and oxygen atoms in total. The number of amides is 2. The fourth-order valence-electron chi connectivity index (χ4n) is 1.61. The highest BCUT2D eigenvalue weighted by Gasteiger charge is 2.27. The van der Waals surface area contributed by atoms with Gasteiger partial charge in [0, 0.05) is 18.8 Å². The summed E-state index contributed by atoms with van der Waals surface area (Å²) in [7, 11) is 1.43. The number of likely N-dealkylation sites (N-methyl/N-ethyl adjacent to an activating group) is 1. The number of hydrogen-bond donors (Lipinski definition) is 2. The summed E-state index contributed by atoms with van der Waals surface area (Å²) in [4.78, 5) is 24.0. The van der Waals surface area contributed by atoms with Crippen molar-refractivity contribution in [3.63, 3.8) is 0 Å². The highest BCUT2D eigenvalue weighted by Crippen LogP contribution is 2.19. The predicted molar refractivity (Wildman–Crippen MR) is 68.5 cm³/mol. The number of benzene rings is 1. The normalized spacial score (nSPS) is 14.6. The molecule has 0 saturated heterocycles. The number of aliphatic hydroxyl groups excluding tert-OH is 1. The summed E-state index contributed by atoms with van der Waals surface area (Å²) in [6.45, 7) is 0.186. The standard InChI is InChI=1S/C13H14N2O4/c1-15-12(17)8-11(13(15)18)14-9-2-4-10(5-3-9)19-7-6-16/h2-5,8,14,16H,6-7H2,1H3. The number of nitrogens with zero attached hydrogens (tertiary/aromatic N) is 1. The zero-order chi connectivity index (χ0) is 13.8. The Kier molecular flexibility index (Phi) is 3.82. The van der Waals surface area contributed by atoms with Crippen molar-refractivity contribution < 1.29 is 19.4 Å². The van der Waals surface area contributed by atoms with Crippen molar-refractivity contribution in [3.8, 4) is 5.75 Å². The van der Waals surface area contributed by atoms with Crippen molar-refractivity contribution in [1.29, 1.82) is 0 Å². The number of aliphatic hydroxyl groups is 1. The Morgan fingerprint density at radius 3 is 2.47 bits per heavy atom. The number of anilines is 1. The first-order chi connectivity index (χ1) is 9.11. The number of rotatable bonds is 5. The largest absolute Gasteiger partial charge is 0.491 e. The van der Waals surface area contributed by atoms with Crippen molar-refractivity contribution in [2.45, 2.75) is 0 Å². The van der Waals surface area contributed by atoms with E-state index in [0.717, 1.165) is 4.90 Å². The van der Waals surface area contributed by atoms with E-state index >= 15 is 0 Å². The Hall–Kier alpha value is -2.34. The van der Waals surface area contributed by atoms with Gasteiger partial charge in [-0.05, 0) is 24.3 Å². The van der Waals surface area contributed by atoms with Crippen LogP contribution in [-0.4, -0.2) is 42.1 Å². The maximum atomic E-state index is 11.7. The van der Waals surface area contributed by atoms with Gasteiger partial charge in [-0.2, -0.15) is 0 Å². The molecular weight excluding hydrogens is 248 g/mol. The van der Waals surface area contributed by atoms with E-state index in [4.69, 9.17) is 9.84 Å². The number of nitrogens with one attached hydrogen (secondary N) is 1. The van der Waals surface area contributed by atoms with Gasteiger partial charge in [-0.1, -0.05) is 0 Å². The third-order valence-electron chi connectivity index (χ3n) is 2.63. The maximum absolute atomic E-state index is 11.7. The minimum Gasteiger partial charge on any atom is -0.491 e. The summed E-state index contributed by atoms with van der Waals surface area (Å²) >= 11 is 0. The molecule has 0 atom stereocenters. The van der Waals surface area contributed by atoms with Gasteiger partial charge >= 0.3 is 0 Å². The predicted octanol–water partition coefficient (Wildman–Crippen LogP) is 0.352. The monoisotopic (exact) mass is 262 g/mol. The molecule has 0 aromatic heterocycles. The first-order valence-corrected chi connectivity index (χ1v) is 5.76. The number of ether oxygens (including phenoxy) is 1. The first kappa shape index (κ1) is 13.1. The molecule has 6 heteroatoms. The first-order valence-electron chi connectivity index (χ1n) is 5.76. The Morgan fingerprint density at radius 1 is 1.26 bits per heavy atom. The molecule has 1 aliphatic rings. The van der Waals surface area contributed by atoms with E-state index in [0.29, 0.717) is 11.4 Å². The molecule has 2 rings (SSSR count). The SMILES string of the molecule is CN1C(=O)C=C(Nc2ccc(OCCO)cc2)C1=O. The van der Waals surface area contributed by atoms with Crippen LogP contribution in [0.5, 0.6) is 5.75 Å².